The topological polar surface area (TPSA) is 88.1 Å². The quantitative estimate of drug-likeness (QED) is 0.640. The van der Waals surface area contributed by atoms with Gasteiger partial charge in [-0.15, -0.1) is 0 Å². The van der Waals surface area contributed by atoms with Crippen molar-refractivity contribution >= 4 is 17.5 Å². The molecular formula is C20H20N2O5. The number of methoxy groups -OCH3 is 1. The van der Waals surface area contributed by atoms with Gasteiger partial charge < -0.3 is 14.4 Å². The van der Waals surface area contributed by atoms with Gasteiger partial charge in [0.05, 0.1) is 19.3 Å². The van der Waals surface area contributed by atoms with Crippen LogP contribution in [0.3, 0.4) is 0 Å². The third-order valence-electron chi connectivity index (χ3n) is 5.21. The van der Waals surface area contributed by atoms with E-state index in [1.165, 1.54) is 0 Å². The van der Waals surface area contributed by atoms with Crippen molar-refractivity contribution in [3.8, 4) is 11.5 Å². The number of anilines is 1. The number of rotatable bonds is 4. The molecule has 0 atom stereocenters. The molecule has 140 valence electrons. The van der Waals surface area contributed by atoms with E-state index in [1.54, 1.807) is 35.7 Å². The lowest BCUT2D eigenvalue weighted by molar-refractivity contribution is -0.143. The van der Waals surface area contributed by atoms with E-state index in [2.05, 4.69) is 0 Å². The highest BCUT2D eigenvalue weighted by atomic mass is 16.5. The molecule has 2 N–H and O–H groups in total. The van der Waals surface area contributed by atoms with Gasteiger partial charge in [0.15, 0.2) is 5.60 Å². The Hall–Kier alpha value is -3.06. The smallest absolute Gasteiger partial charge is 0.274 e. The minimum absolute atomic E-state index is 0.0985. The van der Waals surface area contributed by atoms with Gasteiger partial charge >= 0.3 is 0 Å². The Morgan fingerprint density at radius 1 is 1.26 bits per heavy atom. The second kappa shape index (κ2) is 6.59. The highest BCUT2D eigenvalue weighted by Gasteiger charge is 2.52. The van der Waals surface area contributed by atoms with Crippen LogP contribution in [0.4, 0.5) is 5.69 Å². The number of hydrogen-bond donors (Lipinski definition) is 2. The Bertz CT molecular complexity index is 890. The molecular weight excluding hydrogens is 348 g/mol. The number of fused-ring (bicyclic) bond motifs is 1. The van der Waals surface area contributed by atoms with Crippen LogP contribution < -0.4 is 19.9 Å². The fourth-order valence-electron chi connectivity index (χ4n) is 3.51. The number of hydroxylamine groups is 1. The maximum atomic E-state index is 13.2. The van der Waals surface area contributed by atoms with E-state index >= 15 is 0 Å². The van der Waals surface area contributed by atoms with Crippen molar-refractivity contribution in [1.82, 2.24) is 5.48 Å². The van der Waals surface area contributed by atoms with E-state index in [0.29, 0.717) is 30.8 Å². The molecule has 1 aliphatic heterocycles. The van der Waals surface area contributed by atoms with E-state index in [0.717, 1.165) is 17.7 Å². The first-order valence-electron chi connectivity index (χ1n) is 8.79. The minimum Gasteiger partial charge on any atom is -0.497 e. The molecule has 2 aliphatic rings. The van der Waals surface area contributed by atoms with Gasteiger partial charge in [-0.25, -0.2) is 5.48 Å². The summed E-state index contributed by atoms with van der Waals surface area (Å²) in [7, 11) is 1.60. The molecule has 1 spiro atoms. The zero-order valence-electron chi connectivity index (χ0n) is 14.9. The van der Waals surface area contributed by atoms with Crippen molar-refractivity contribution < 1.29 is 24.3 Å². The van der Waals surface area contributed by atoms with Crippen LogP contribution in [0, 0.1) is 0 Å². The van der Waals surface area contributed by atoms with E-state index < -0.39 is 11.5 Å². The lowest BCUT2D eigenvalue weighted by Crippen LogP contribution is -2.59. The summed E-state index contributed by atoms with van der Waals surface area (Å²) in [5.41, 5.74) is 2.52. The first kappa shape index (κ1) is 17.4. The summed E-state index contributed by atoms with van der Waals surface area (Å²) in [5, 5.41) is 8.90. The van der Waals surface area contributed by atoms with Crippen molar-refractivity contribution in [2.24, 2.45) is 0 Å². The van der Waals surface area contributed by atoms with Crippen LogP contribution in [0.25, 0.3) is 0 Å². The molecule has 0 unspecified atom stereocenters. The average Bonchev–Trinajstić information content (AvgIpc) is 2.68. The van der Waals surface area contributed by atoms with Gasteiger partial charge in [0.1, 0.15) is 11.5 Å². The molecule has 1 heterocycles. The summed E-state index contributed by atoms with van der Waals surface area (Å²) in [6.45, 7) is 0.352. The molecule has 7 nitrogen and oxygen atoms in total. The molecule has 2 aromatic rings. The largest absolute Gasteiger partial charge is 0.497 e. The van der Waals surface area contributed by atoms with Gasteiger partial charge in [0.25, 0.3) is 11.8 Å². The monoisotopic (exact) mass is 368 g/mol. The van der Waals surface area contributed by atoms with Crippen molar-refractivity contribution in [2.75, 3.05) is 12.0 Å². The van der Waals surface area contributed by atoms with Gasteiger partial charge in [-0.3, -0.25) is 14.8 Å². The molecule has 2 aromatic carbocycles. The second-order valence-electron chi connectivity index (χ2n) is 6.81. The zero-order valence-corrected chi connectivity index (χ0v) is 14.9. The van der Waals surface area contributed by atoms with Crippen LogP contribution in [-0.4, -0.2) is 29.7 Å². The predicted octanol–water partition coefficient (Wildman–Crippen LogP) is 2.66. The molecule has 0 bridgehead atoms. The maximum Gasteiger partial charge on any atom is 0.274 e. The fraction of sp³-hybridized carbons (Fsp3) is 0.300. The molecule has 0 saturated heterocycles. The number of carbonyl (C=O) groups is 2. The summed E-state index contributed by atoms with van der Waals surface area (Å²) in [6.07, 6.45) is 2.31. The number of amides is 2. The molecule has 1 aliphatic carbocycles. The number of nitrogens with zero attached hydrogens (tertiary/aromatic N) is 1. The van der Waals surface area contributed by atoms with E-state index in [-0.39, 0.29) is 11.5 Å². The van der Waals surface area contributed by atoms with E-state index in [4.69, 9.17) is 14.7 Å². The molecule has 0 radical (unpaired) electrons. The van der Waals surface area contributed by atoms with Gasteiger partial charge in [-0.2, -0.15) is 0 Å². The number of benzene rings is 2. The SMILES string of the molecule is COc1ccc(CN2C(=O)C3(CCC3)Oc3ccc(C(=O)NO)cc32)cc1. The molecule has 0 aromatic heterocycles. The van der Waals surface area contributed by atoms with Crippen molar-refractivity contribution in [1.29, 1.82) is 0 Å². The number of hydrogen-bond acceptors (Lipinski definition) is 5. The lowest BCUT2D eigenvalue weighted by Gasteiger charge is -2.47. The Morgan fingerprint density at radius 3 is 2.59 bits per heavy atom. The molecule has 2 amide bonds. The summed E-state index contributed by atoms with van der Waals surface area (Å²) < 4.78 is 11.2. The van der Waals surface area contributed by atoms with Crippen LogP contribution >= 0.6 is 0 Å². The van der Waals surface area contributed by atoms with Crippen molar-refractivity contribution in [3.05, 3.63) is 53.6 Å². The van der Waals surface area contributed by atoms with E-state index in [1.807, 2.05) is 24.3 Å². The van der Waals surface area contributed by atoms with Crippen LogP contribution in [0.15, 0.2) is 42.5 Å². The first-order chi connectivity index (χ1) is 13.1. The first-order valence-corrected chi connectivity index (χ1v) is 8.79. The fourth-order valence-corrected chi connectivity index (χ4v) is 3.51. The van der Waals surface area contributed by atoms with Gasteiger partial charge in [0, 0.05) is 5.56 Å². The summed E-state index contributed by atoms with van der Waals surface area (Å²) in [5.74, 6) is 0.569. The summed E-state index contributed by atoms with van der Waals surface area (Å²) in [6, 6.07) is 12.3. The van der Waals surface area contributed by atoms with Crippen molar-refractivity contribution in [2.45, 2.75) is 31.4 Å². The molecule has 1 saturated carbocycles. The lowest BCUT2D eigenvalue weighted by atomic mass is 9.77. The minimum atomic E-state index is -0.805. The number of carbonyl (C=O) groups excluding carboxylic acids is 2. The third-order valence-corrected chi connectivity index (χ3v) is 5.21. The normalized spacial score (nSPS) is 17.0. The standard InChI is InChI=1S/C20H20N2O5/c1-26-15-6-3-13(4-7-15)12-22-16-11-14(18(23)21-25)5-8-17(16)27-20(19(22)24)9-2-10-20/h3-8,11,25H,2,9-10,12H2,1H3,(H,21,23). The van der Waals surface area contributed by atoms with Crippen molar-refractivity contribution in [3.63, 3.8) is 0 Å². The molecule has 4 rings (SSSR count). The average molecular weight is 368 g/mol. The van der Waals surface area contributed by atoms with Gasteiger partial charge in [0.2, 0.25) is 0 Å². The zero-order chi connectivity index (χ0) is 19.0. The molecule has 7 heteroatoms. The Kier molecular flexibility index (Phi) is 4.24. The van der Waals surface area contributed by atoms with E-state index in [9.17, 15) is 9.59 Å². The summed E-state index contributed by atoms with van der Waals surface area (Å²) >= 11 is 0. The van der Waals surface area contributed by atoms with Crippen LogP contribution in [-0.2, 0) is 11.3 Å². The number of ether oxygens (including phenoxy) is 2. The Morgan fingerprint density at radius 2 is 2.00 bits per heavy atom. The Labute approximate surface area is 156 Å². The van der Waals surface area contributed by atoms with Gasteiger partial charge in [-0.1, -0.05) is 12.1 Å². The van der Waals surface area contributed by atoms with Crippen LogP contribution in [0.2, 0.25) is 0 Å². The highest BCUT2D eigenvalue weighted by Crippen LogP contribution is 2.47. The highest BCUT2D eigenvalue weighted by molar-refractivity contribution is 6.05. The molecule has 1 fully saturated rings. The predicted molar refractivity (Wildman–Crippen MR) is 97.1 cm³/mol. The number of nitrogens with one attached hydrogen (secondary N) is 1. The Balaban J connectivity index is 1.73. The van der Waals surface area contributed by atoms with Crippen LogP contribution in [0.5, 0.6) is 11.5 Å². The third kappa shape index (κ3) is 2.90. The molecule has 27 heavy (non-hydrogen) atoms. The second-order valence-corrected chi connectivity index (χ2v) is 6.81. The van der Waals surface area contributed by atoms with Crippen LogP contribution in [0.1, 0.15) is 35.2 Å². The van der Waals surface area contributed by atoms with Gasteiger partial charge in [-0.05, 0) is 55.2 Å². The summed E-state index contributed by atoms with van der Waals surface area (Å²) in [4.78, 5) is 26.6. The maximum absolute atomic E-state index is 13.2.